The molecule has 1 aromatic rings. The van der Waals surface area contributed by atoms with Gasteiger partial charge in [-0.05, 0) is 17.7 Å². The SMILES string of the molecule is COC1=C(C(=O)OCc2ccc([N+](=O)[O-])cc2)N2C(=O)C(N)[C@@H]2SC1. The number of β-lactam (4-membered cyclic amide) rings is 1. The highest BCUT2D eigenvalue weighted by Gasteiger charge is 2.52. The fourth-order valence-corrected chi connectivity index (χ4v) is 3.82. The van der Waals surface area contributed by atoms with Gasteiger partial charge in [0, 0.05) is 12.1 Å². The third-order valence-electron chi connectivity index (χ3n) is 3.93. The Hall–Kier alpha value is -2.59. The lowest BCUT2D eigenvalue weighted by molar-refractivity contribution is -0.384. The second-order valence-electron chi connectivity index (χ2n) is 5.41. The number of amides is 1. The van der Waals surface area contributed by atoms with E-state index < -0.39 is 16.9 Å². The number of methoxy groups -OCH3 is 1. The lowest BCUT2D eigenvalue weighted by Crippen LogP contribution is -2.68. The van der Waals surface area contributed by atoms with Crippen LogP contribution >= 0.6 is 11.8 Å². The monoisotopic (exact) mass is 365 g/mol. The minimum atomic E-state index is -0.694. The van der Waals surface area contributed by atoms with Crippen LogP contribution in [0.3, 0.4) is 0 Å². The number of nitrogens with zero attached hydrogens (tertiary/aromatic N) is 2. The molecule has 0 saturated carbocycles. The van der Waals surface area contributed by atoms with Gasteiger partial charge < -0.3 is 15.2 Å². The predicted octanol–water partition coefficient (Wildman–Crippen LogP) is 0.738. The molecule has 1 amide bonds. The van der Waals surface area contributed by atoms with Gasteiger partial charge in [-0.15, -0.1) is 11.8 Å². The van der Waals surface area contributed by atoms with Gasteiger partial charge in [0.15, 0.2) is 5.70 Å². The summed E-state index contributed by atoms with van der Waals surface area (Å²) in [6.45, 7) is -0.0801. The van der Waals surface area contributed by atoms with Crippen molar-refractivity contribution < 1.29 is 24.0 Å². The van der Waals surface area contributed by atoms with Crippen molar-refractivity contribution in [2.24, 2.45) is 5.73 Å². The average Bonchev–Trinajstić information content (AvgIpc) is 2.64. The molecule has 1 aromatic carbocycles. The Bertz CT molecular complexity index is 763. The molecule has 0 aromatic heterocycles. The lowest BCUT2D eigenvalue weighted by atomic mass is 10.1. The molecule has 0 bridgehead atoms. The van der Waals surface area contributed by atoms with Crippen LogP contribution in [0.5, 0.6) is 0 Å². The maximum atomic E-state index is 12.4. The number of rotatable bonds is 5. The van der Waals surface area contributed by atoms with Crippen molar-refractivity contribution >= 4 is 29.3 Å². The Morgan fingerprint density at radius 3 is 2.72 bits per heavy atom. The summed E-state index contributed by atoms with van der Waals surface area (Å²) in [5, 5.41) is 10.3. The summed E-state index contributed by atoms with van der Waals surface area (Å²) in [7, 11) is 1.42. The molecule has 2 N–H and O–H groups in total. The average molecular weight is 365 g/mol. The number of carbonyl (C=O) groups is 2. The highest BCUT2D eigenvalue weighted by Crippen LogP contribution is 2.39. The molecular weight excluding hydrogens is 350 g/mol. The first-order valence-corrected chi connectivity index (χ1v) is 8.36. The zero-order chi connectivity index (χ0) is 18.1. The molecule has 0 aliphatic carbocycles. The molecule has 25 heavy (non-hydrogen) atoms. The van der Waals surface area contributed by atoms with Gasteiger partial charge in [-0.1, -0.05) is 0 Å². The minimum Gasteiger partial charge on any atom is -0.498 e. The van der Waals surface area contributed by atoms with Crippen LogP contribution in [0.1, 0.15) is 5.56 Å². The molecule has 2 heterocycles. The second-order valence-corrected chi connectivity index (χ2v) is 6.52. The number of non-ortho nitro benzene ring substituents is 1. The summed E-state index contributed by atoms with van der Waals surface area (Å²) < 4.78 is 10.4. The van der Waals surface area contributed by atoms with Gasteiger partial charge in [0.2, 0.25) is 5.91 Å². The van der Waals surface area contributed by atoms with E-state index in [9.17, 15) is 19.7 Å². The lowest BCUT2D eigenvalue weighted by Gasteiger charge is -2.47. The quantitative estimate of drug-likeness (QED) is 0.350. The van der Waals surface area contributed by atoms with Crippen molar-refractivity contribution in [3.63, 3.8) is 0 Å². The fraction of sp³-hybridized carbons (Fsp3) is 0.333. The predicted molar refractivity (Wildman–Crippen MR) is 88.0 cm³/mol. The number of nitro groups is 1. The number of hydrogen-bond acceptors (Lipinski definition) is 8. The Balaban J connectivity index is 1.72. The fourth-order valence-electron chi connectivity index (χ4n) is 2.56. The standard InChI is InChI=1S/C15H15N3O6S/c1-23-10-7-25-14-11(16)13(19)17(14)12(10)15(20)24-6-8-2-4-9(5-3-8)18(21)22/h2-5,11,14H,6-7,16H2,1H3/t11?,14-/m0/s1. The molecule has 2 aliphatic rings. The van der Waals surface area contributed by atoms with Crippen molar-refractivity contribution in [2.75, 3.05) is 12.9 Å². The summed E-state index contributed by atoms with van der Waals surface area (Å²) in [5.41, 5.74) is 6.36. The smallest absolute Gasteiger partial charge is 0.358 e. The van der Waals surface area contributed by atoms with Crippen LogP contribution in [0.2, 0.25) is 0 Å². The molecule has 1 saturated heterocycles. The molecule has 9 nitrogen and oxygen atoms in total. The van der Waals surface area contributed by atoms with Gasteiger partial charge in [0.1, 0.15) is 23.8 Å². The Labute approximate surface area is 146 Å². The molecule has 10 heteroatoms. The van der Waals surface area contributed by atoms with Crippen LogP contribution in [-0.2, 0) is 25.7 Å². The van der Waals surface area contributed by atoms with E-state index in [1.165, 1.54) is 48.0 Å². The molecule has 132 valence electrons. The zero-order valence-corrected chi connectivity index (χ0v) is 14.0. The summed E-state index contributed by atoms with van der Waals surface area (Å²) in [6.07, 6.45) is 0. The zero-order valence-electron chi connectivity index (χ0n) is 13.2. The molecule has 0 spiro atoms. The minimum absolute atomic E-state index is 0.0493. The van der Waals surface area contributed by atoms with E-state index in [0.717, 1.165) is 0 Å². The van der Waals surface area contributed by atoms with Crippen molar-refractivity contribution in [2.45, 2.75) is 18.0 Å². The van der Waals surface area contributed by atoms with Gasteiger partial charge in [0.25, 0.3) is 5.69 Å². The van der Waals surface area contributed by atoms with Crippen LogP contribution in [0, 0.1) is 10.1 Å². The van der Waals surface area contributed by atoms with E-state index in [1.807, 2.05) is 0 Å². The Kier molecular flexibility index (Phi) is 4.64. The Morgan fingerprint density at radius 1 is 1.44 bits per heavy atom. The molecule has 1 fully saturated rings. The van der Waals surface area contributed by atoms with Gasteiger partial charge in [-0.2, -0.15) is 0 Å². The highest BCUT2D eigenvalue weighted by atomic mass is 32.2. The maximum absolute atomic E-state index is 12.4. The summed E-state index contributed by atoms with van der Waals surface area (Å²) in [6, 6.07) is 5.02. The number of hydrogen-bond donors (Lipinski definition) is 1. The second kappa shape index (κ2) is 6.73. The van der Waals surface area contributed by atoms with Crippen molar-refractivity contribution in [1.82, 2.24) is 4.90 Å². The van der Waals surface area contributed by atoms with Crippen LogP contribution < -0.4 is 5.73 Å². The normalized spacial score (nSPS) is 22.2. The van der Waals surface area contributed by atoms with Crippen molar-refractivity contribution in [3.8, 4) is 0 Å². The van der Waals surface area contributed by atoms with E-state index in [4.69, 9.17) is 15.2 Å². The van der Waals surface area contributed by atoms with Gasteiger partial charge >= 0.3 is 5.97 Å². The summed E-state index contributed by atoms with van der Waals surface area (Å²) in [4.78, 5) is 35.8. The van der Waals surface area contributed by atoms with Gasteiger partial charge in [-0.3, -0.25) is 19.8 Å². The van der Waals surface area contributed by atoms with Crippen molar-refractivity contribution in [1.29, 1.82) is 0 Å². The molecule has 2 atom stereocenters. The molecule has 3 rings (SSSR count). The number of carbonyl (C=O) groups excluding carboxylic acids is 2. The van der Waals surface area contributed by atoms with E-state index in [2.05, 4.69) is 0 Å². The number of ether oxygens (including phenoxy) is 2. The number of benzene rings is 1. The molecule has 2 aliphatic heterocycles. The van der Waals surface area contributed by atoms with E-state index in [0.29, 0.717) is 17.1 Å². The first-order chi connectivity index (χ1) is 11.9. The van der Waals surface area contributed by atoms with E-state index >= 15 is 0 Å². The first kappa shape index (κ1) is 17.2. The first-order valence-electron chi connectivity index (χ1n) is 7.32. The number of fused-ring (bicyclic) bond motifs is 1. The van der Waals surface area contributed by atoms with Crippen LogP contribution in [0.15, 0.2) is 35.7 Å². The van der Waals surface area contributed by atoms with Gasteiger partial charge in [0.05, 0.1) is 17.8 Å². The number of nitrogens with two attached hydrogens (primary N) is 1. The third-order valence-corrected chi connectivity index (χ3v) is 5.21. The van der Waals surface area contributed by atoms with Crippen LogP contribution in [0.25, 0.3) is 0 Å². The molecule has 0 radical (unpaired) electrons. The van der Waals surface area contributed by atoms with Gasteiger partial charge in [-0.25, -0.2) is 4.79 Å². The molecular formula is C15H15N3O6S. The number of thioether (sulfide) groups is 1. The maximum Gasteiger partial charge on any atom is 0.358 e. The highest BCUT2D eigenvalue weighted by molar-refractivity contribution is 8.00. The Morgan fingerprint density at radius 2 is 2.12 bits per heavy atom. The molecule has 1 unspecified atom stereocenters. The van der Waals surface area contributed by atoms with Crippen LogP contribution in [-0.4, -0.2) is 46.0 Å². The summed E-state index contributed by atoms with van der Waals surface area (Å²) >= 11 is 1.42. The van der Waals surface area contributed by atoms with Crippen LogP contribution in [0.4, 0.5) is 5.69 Å². The van der Waals surface area contributed by atoms with E-state index in [-0.39, 0.29) is 29.3 Å². The largest absolute Gasteiger partial charge is 0.498 e. The topological polar surface area (TPSA) is 125 Å². The number of esters is 1. The summed E-state index contributed by atoms with van der Waals surface area (Å²) in [5.74, 6) is -0.273. The number of nitro benzene ring substituents is 1. The third kappa shape index (κ3) is 3.05. The van der Waals surface area contributed by atoms with E-state index in [1.54, 1.807) is 0 Å². The van der Waals surface area contributed by atoms with Crippen molar-refractivity contribution in [3.05, 3.63) is 51.4 Å².